The second-order valence-electron chi connectivity index (χ2n) is 8.20. The van der Waals surface area contributed by atoms with Crippen molar-refractivity contribution < 1.29 is 4.74 Å². The first-order chi connectivity index (χ1) is 16.2. The summed E-state index contributed by atoms with van der Waals surface area (Å²) < 4.78 is 8.68. The van der Waals surface area contributed by atoms with Gasteiger partial charge in [-0.1, -0.05) is 78.9 Å². The molecule has 33 heavy (non-hydrogen) atoms. The van der Waals surface area contributed by atoms with Gasteiger partial charge in [-0.15, -0.1) is 0 Å². The molecule has 0 fully saturated rings. The van der Waals surface area contributed by atoms with Crippen LogP contribution in [0.3, 0.4) is 0 Å². The molecule has 2 heterocycles. The van der Waals surface area contributed by atoms with Crippen LogP contribution in [0.1, 0.15) is 16.7 Å². The molecule has 0 aliphatic carbocycles. The summed E-state index contributed by atoms with van der Waals surface area (Å²) in [5, 5.41) is 0.724. The third-order valence-corrected chi connectivity index (χ3v) is 7.61. The van der Waals surface area contributed by atoms with Crippen LogP contribution >= 0.6 is 22.6 Å². The standard InChI is InChI=1S/C29H20INO2/c1-33-21-16-17-24-23(18-21)27-26(30)28(32)22-14-8-9-15-25(22)31(27)29(24,19-10-4-2-5-11-19)20-12-6-3-7-13-20/h2-18H,1H3. The Bertz CT molecular complexity index is 1530. The van der Waals surface area contributed by atoms with Crippen LogP contribution in [0.25, 0.3) is 22.2 Å². The molecule has 1 aromatic heterocycles. The van der Waals surface area contributed by atoms with Gasteiger partial charge in [-0.2, -0.15) is 0 Å². The highest BCUT2D eigenvalue weighted by molar-refractivity contribution is 14.1. The van der Waals surface area contributed by atoms with Gasteiger partial charge in [-0.3, -0.25) is 4.79 Å². The molecule has 0 saturated carbocycles. The van der Waals surface area contributed by atoms with Gasteiger partial charge in [0.1, 0.15) is 11.3 Å². The van der Waals surface area contributed by atoms with E-state index < -0.39 is 5.54 Å². The highest BCUT2D eigenvalue weighted by Crippen LogP contribution is 2.54. The molecule has 0 amide bonds. The number of hydrogen-bond acceptors (Lipinski definition) is 2. The summed E-state index contributed by atoms with van der Waals surface area (Å²) in [4.78, 5) is 13.5. The molecule has 6 rings (SSSR count). The lowest BCUT2D eigenvalue weighted by molar-refractivity contribution is 0.414. The molecule has 0 atom stereocenters. The molecule has 0 saturated heterocycles. The molecule has 1 aliphatic rings. The van der Waals surface area contributed by atoms with Gasteiger partial charge in [0.2, 0.25) is 5.43 Å². The van der Waals surface area contributed by atoms with Crippen molar-refractivity contribution >= 4 is 33.5 Å². The van der Waals surface area contributed by atoms with E-state index in [-0.39, 0.29) is 5.43 Å². The lowest BCUT2D eigenvalue weighted by Crippen LogP contribution is -2.36. The summed E-state index contributed by atoms with van der Waals surface area (Å²) in [6.07, 6.45) is 0. The number of fused-ring (bicyclic) bond motifs is 5. The molecule has 0 radical (unpaired) electrons. The molecule has 4 aromatic carbocycles. The van der Waals surface area contributed by atoms with Gasteiger partial charge in [0.15, 0.2) is 0 Å². The van der Waals surface area contributed by atoms with E-state index in [2.05, 4.69) is 93.9 Å². The van der Waals surface area contributed by atoms with E-state index in [1.54, 1.807) is 7.11 Å². The van der Waals surface area contributed by atoms with Crippen molar-refractivity contribution in [3.63, 3.8) is 0 Å². The van der Waals surface area contributed by atoms with Crippen molar-refractivity contribution in [2.75, 3.05) is 7.11 Å². The third-order valence-electron chi connectivity index (χ3n) is 6.61. The summed E-state index contributed by atoms with van der Waals surface area (Å²) in [6.45, 7) is 0. The van der Waals surface area contributed by atoms with Gasteiger partial charge < -0.3 is 9.30 Å². The fourth-order valence-electron chi connectivity index (χ4n) is 5.27. The molecular formula is C29H20INO2. The van der Waals surface area contributed by atoms with Crippen LogP contribution in [-0.4, -0.2) is 11.7 Å². The summed E-state index contributed by atoms with van der Waals surface area (Å²) in [6, 6.07) is 35.3. The van der Waals surface area contributed by atoms with Crippen molar-refractivity contribution in [1.82, 2.24) is 4.57 Å². The molecule has 5 aromatic rings. The van der Waals surface area contributed by atoms with Crippen molar-refractivity contribution in [2.45, 2.75) is 5.54 Å². The quantitative estimate of drug-likeness (QED) is 0.242. The zero-order chi connectivity index (χ0) is 22.6. The maximum atomic E-state index is 13.5. The van der Waals surface area contributed by atoms with Crippen LogP contribution in [0.2, 0.25) is 0 Å². The molecule has 3 nitrogen and oxygen atoms in total. The minimum Gasteiger partial charge on any atom is -0.497 e. The monoisotopic (exact) mass is 541 g/mol. The Hall–Kier alpha value is -3.38. The second-order valence-corrected chi connectivity index (χ2v) is 9.28. The van der Waals surface area contributed by atoms with Gasteiger partial charge in [-0.25, -0.2) is 0 Å². The zero-order valence-electron chi connectivity index (χ0n) is 18.0. The SMILES string of the molecule is COc1ccc2c(c1)-c1c(I)c(=O)c3ccccc3n1C2(c1ccccc1)c1ccccc1. The summed E-state index contributed by atoms with van der Waals surface area (Å²) in [5.41, 5.74) is 5.72. The van der Waals surface area contributed by atoms with Crippen molar-refractivity contribution in [2.24, 2.45) is 0 Å². The van der Waals surface area contributed by atoms with Gasteiger partial charge in [0.25, 0.3) is 0 Å². The number of methoxy groups -OCH3 is 1. The Morgan fingerprint density at radius 2 is 1.39 bits per heavy atom. The minimum atomic E-state index is -0.632. The van der Waals surface area contributed by atoms with Crippen molar-refractivity contribution in [3.8, 4) is 17.0 Å². The predicted octanol–water partition coefficient (Wildman–Crippen LogP) is 6.44. The van der Waals surface area contributed by atoms with E-state index >= 15 is 0 Å². The number of para-hydroxylation sites is 1. The third kappa shape index (κ3) is 2.70. The van der Waals surface area contributed by atoms with Crippen LogP contribution in [0.5, 0.6) is 5.75 Å². The molecular weight excluding hydrogens is 521 g/mol. The van der Waals surface area contributed by atoms with Gasteiger partial charge >= 0.3 is 0 Å². The van der Waals surface area contributed by atoms with Crippen LogP contribution in [0.4, 0.5) is 0 Å². The van der Waals surface area contributed by atoms with Crippen molar-refractivity contribution in [1.29, 1.82) is 0 Å². The topological polar surface area (TPSA) is 31.2 Å². The average molecular weight is 541 g/mol. The van der Waals surface area contributed by atoms with E-state index in [1.807, 2.05) is 36.4 Å². The first-order valence-corrected chi connectivity index (χ1v) is 11.9. The van der Waals surface area contributed by atoms with Gasteiger partial charge in [-0.05, 0) is 63.5 Å². The number of rotatable bonds is 3. The van der Waals surface area contributed by atoms with E-state index in [4.69, 9.17) is 4.74 Å². The first-order valence-electron chi connectivity index (χ1n) is 10.8. The predicted molar refractivity (Wildman–Crippen MR) is 141 cm³/mol. The number of halogens is 1. The fourth-order valence-corrected chi connectivity index (χ4v) is 6.09. The van der Waals surface area contributed by atoms with E-state index in [9.17, 15) is 4.79 Å². The Balaban J connectivity index is 1.92. The zero-order valence-corrected chi connectivity index (χ0v) is 20.1. The summed E-state index contributed by atoms with van der Waals surface area (Å²) >= 11 is 2.22. The van der Waals surface area contributed by atoms with E-state index in [1.165, 1.54) is 0 Å². The van der Waals surface area contributed by atoms with Crippen LogP contribution in [0.15, 0.2) is 108 Å². The van der Waals surface area contributed by atoms with Gasteiger partial charge in [0, 0.05) is 10.9 Å². The molecule has 0 spiro atoms. The highest BCUT2D eigenvalue weighted by Gasteiger charge is 2.47. The van der Waals surface area contributed by atoms with E-state index in [0.29, 0.717) is 0 Å². The van der Waals surface area contributed by atoms with Crippen molar-refractivity contribution in [3.05, 3.63) is 134 Å². The largest absolute Gasteiger partial charge is 0.497 e. The lowest BCUT2D eigenvalue weighted by Gasteiger charge is -2.36. The highest BCUT2D eigenvalue weighted by atomic mass is 127. The maximum Gasteiger partial charge on any atom is 0.203 e. The van der Waals surface area contributed by atoms with Crippen LogP contribution < -0.4 is 10.2 Å². The normalized spacial score (nSPS) is 13.5. The van der Waals surface area contributed by atoms with Gasteiger partial charge in [0.05, 0.1) is 21.9 Å². The number of hydrogen-bond donors (Lipinski definition) is 0. The Labute approximate surface area is 205 Å². The van der Waals surface area contributed by atoms with E-state index in [0.717, 1.165) is 48.2 Å². The Morgan fingerprint density at radius 1 is 0.788 bits per heavy atom. The first kappa shape index (κ1) is 20.2. The summed E-state index contributed by atoms with van der Waals surface area (Å²) in [7, 11) is 1.68. The Morgan fingerprint density at radius 3 is 2.03 bits per heavy atom. The molecule has 0 N–H and O–H groups in total. The molecule has 4 heteroatoms. The second kappa shape index (κ2) is 7.59. The average Bonchev–Trinajstić information content (AvgIpc) is 3.19. The molecule has 0 unspecified atom stereocenters. The Kier molecular flexibility index (Phi) is 4.66. The molecule has 1 aliphatic heterocycles. The number of pyridine rings is 1. The fraction of sp³-hybridized carbons (Fsp3) is 0.0690. The summed E-state index contributed by atoms with van der Waals surface area (Å²) in [5.74, 6) is 0.772. The number of aromatic nitrogens is 1. The maximum absolute atomic E-state index is 13.5. The van der Waals surface area contributed by atoms with Crippen LogP contribution in [-0.2, 0) is 5.54 Å². The number of nitrogens with zero attached hydrogens (tertiary/aromatic N) is 1. The minimum absolute atomic E-state index is 0.0585. The number of ether oxygens (including phenoxy) is 1. The smallest absolute Gasteiger partial charge is 0.203 e. The van der Waals surface area contributed by atoms with Crippen LogP contribution in [0, 0.1) is 3.57 Å². The molecule has 160 valence electrons. The number of benzene rings is 4. The lowest BCUT2D eigenvalue weighted by atomic mass is 9.77. The molecule has 0 bridgehead atoms.